The summed E-state index contributed by atoms with van der Waals surface area (Å²) in [6.45, 7) is 0.00199. The third-order valence-electron chi connectivity index (χ3n) is 2.42. The van der Waals surface area contributed by atoms with Crippen LogP contribution in [0.15, 0.2) is 36.8 Å². The zero-order valence-electron chi connectivity index (χ0n) is 9.81. The van der Waals surface area contributed by atoms with Crippen molar-refractivity contribution in [2.45, 2.75) is 6.61 Å². The van der Waals surface area contributed by atoms with Gasteiger partial charge in [-0.25, -0.2) is 9.78 Å². The van der Waals surface area contributed by atoms with Crippen LogP contribution >= 0.6 is 0 Å². The van der Waals surface area contributed by atoms with Gasteiger partial charge in [0.2, 0.25) is 0 Å². The quantitative estimate of drug-likeness (QED) is 0.819. The Kier molecular flexibility index (Phi) is 3.82. The number of hydrogen-bond donors (Lipinski definition) is 1. The van der Waals surface area contributed by atoms with Gasteiger partial charge in [-0.3, -0.25) is 9.78 Å². The maximum absolute atomic E-state index is 11.0. The van der Waals surface area contributed by atoms with Gasteiger partial charge in [0.25, 0.3) is 0 Å². The molecule has 19 heavy (non-hydrogen) atoms. The summed E-state index contributed by atoms with van der Waals surface area (Å²) in [7, 11) is 0. The van der Waals surface area contributed by atoms with Gasteiger partial charge in [-0.2, -0.15) is 0 Å². The second-order valence-corrected chi connectivity index (χ2v) is 3.64. The molecule has 2 aromatic rings. The van der Waals surface area contributed by atoms with Crippen molar-refractivity contribution in [3.63, 3.8) is 0 Å². The summed E-state index contributed by atoms with van der Waals surface area (Å²) in [6.07, 6.45) is 4.93. The Morgan fingerprint density at radius 3 is 2.95 bits per heavy atom. The van der Waals surface area contributed by atoms with E-state index in [1.165, 1.54) is 24.7 Å². The molecule has 0 atom stereocenters. The fourth-order valence-corrected chi connectivity index (χ4v) is 1.51. The van der Waals surface area contributed by atoms with Gasteiger partial charge in [0.1, 0.15) is 12.4 Å². The predicted octanol–water partition coefficient (Wildman–Crippen LogP) is 1.57. The number of pyridine rings is 2. The summed E-state index contributed by atoms with van der Waals surface area (Å²) in [4.78, 5) is 29.4. The second-order valence-electron chi connectivity index (χ2n) is 3.64. The Morgan fingerprint density at radius 1 is 1.37 bits per heavy atom. The molecule has 2 aromatic heterocycles. The van der Waals surface area contributed by atoms with Crippen molar-refractivity contribution in [3.8, 4) is 5.75 Å². The van der Waals surface area contributed by atoms with Crippen LogP contribution in [0.1, 0.15) is 26.4 Å². The van der Waals surface area contributed by atoms with E-state index in [0.29, 0.717) is 23.2 Å². The molecule has 2 heterocycles. The van der Waals surface area contributed by atoms with E-state index in [2.05, 4.69) is 9.97 Å². The van der Waals surface area contributed by atoms with Gasteiger partial charge in [0, 0.05) is 18.0 Å². The van der Waals surface area contributed by atoms with E-state index < -0.39 is 5.97 Å². The second kappa shape index (κ2) is 5.72. The molecule has 0 aromatic carbocycles. The highest BCUT2D eigenvalue weighted by Crippen LogP contribution is 2.16. The first-order chi connectivity index (χ1) is 9.22. The van der Waals surface area contributed by atoms with Gasteiger partial charge in [-0.15, -0.1) is 0 Å². The molecular formula is C13H10N2O4. The van der Waals surface area contributed by atoms with Crippen molar-refractivity contribution in [1.82, 2.24) is 9.97 Å². The number of ether oxygens (including phenoxy) is 1. The Balaban J connectivity index is 2.19. The molecule has 2 rings (SSSR count). The number of nitrogens with zero attached hydrogens (tertiary/aromatic N) is 2. The molecule has 0 aliphatic heterocycles. The molecule has 0 saturated carbocycles. The van der Waals surface area contributed by atoms with Crippen LogP contribution in [-0.4, -0.2) is 27.3 Å². The lowest BCUT2D eigenvalue weighted by Gasteiger charge is -2.09. The third-order valence-corrected chi connectivity index (χ3v) is 2.42. The van der Waals surface area contributed by atoms with Crippen molar-refractivity contribution in [2.75, 3.05) is 0 Å². The topological polar surface area (TPSA) is 89.4 Å². The first-order valence-corrected chi connectivity index (χ1v) is 5.41. The van der Waals surface area contributed by atoms with Gasteiger partial charge >= 0.3 is 5.97 Å². The van der Waals surface area contributed by atoms with E-state index in [4.69, 9.17) is 9.84 Å². The lowest BCUT2D eigenvalue weighted by Crippen LogP contribution is -2.08. The molecule has 0 amide bonds. The Labute approximate surface area is 108 Å². The number of aldehydes is 1. The summed E-state index contributed by atoms with van der Waals surface area (Å²) in [6, 6.07) is 4.74. The highest BCUT2D eigenvalue weighted by Gasteiger charge is 2.12. The molecule has 0 unspecified atom stereocenters. The van der Waals surface area contributed by atoms with Crippen molar-refractivity contribution in [3.05, 3.63) is 53.6 Å². The van der Waals surface area contributed by atoms with Crippen molar-refractivity contribution >= 4 is 12.3 Å². The molecule has 0 spiro atoms. The van der Waals surface area contributed by atoms with E-state index in [1.54, 1.807) is 12.1 Å². The minimum atomic E-state index is -1.12. The molecule has 1 N–H and O–H groups in total. The molecule has 0 radical (unpaired) electrons. The maximum Gasteiger partial charge on any atom is 0.354 e. The van der Waals surface area contributed by atoms with Crippen LogP contribution in [0, 0.1) is 0 Å². The van der Waals surface area contributed by atoms with Crippen LogP contribution in [0.2, 0.25) is 0 Å². The number of carboxylic acid groups (broad SMARTS) is 1. The number of carbonyl (C=O) groups is 2. The number of hydrogen-bond acceptors (Lipinski definition) is 5. The number of aromatic carboxylic acids is 1. The average molecular weight is 258 g/mol. The molecule has 6 heteroatoms. The SMILES string of the molecule is O=Cc1ccncc1OCc1cccnc1C(=O)O. The van der Waals surface area contributed by atoms with E-state index >= 15 is 0 Å². The van der Waals surface area contributed by atoms with Crippen LogP contribution < -0.4 is 4.74 Å². The molecule has 0 aliphatic carbocycles. The smallest absolute Gasteiger partial charge is 0.354 e. The summed E-state index contributed by atoms with van der Waals surface area (Å²) < 4.78 is 5.41. The Hall–Kier alpha value is -2.76. The van der Waals surface area contributed by atoms with Crippen molar-refractivity contribution < 1.29 is 19.4 Å². The minimum absolute atomic E-state index is 0.00199. The molecule has 0 bridgehead atoms. The first-order valence-electron chi connectivity index (χ1n) is 5.41. The summed E-state index contributed by atoms with van der Waals surface area (Å²) in [5, 5.41) is 8.98. The number of rotatable bonds is 5. The number of carbonyl (C=O) groups excluding carboxylic acids is 1. The number of carboxylic acids is 1. The van der Waals surface area contributed by atoms with Gasteiger partial charge < -0.3 is 9.84 Å². The summed E-state index contributed by atoms with van der Waals surface area (Å²) >= 11 is 0. The molecular weight excluding hydrogens is 248 g/mol. The average Bonchev–Trinajstić information content (AvgIpc) is 2.45. The van der Waals surface area contributed by atoms with E-state index in [1.807, 2.05) is 0 Å². The van der Waals surface area contributed by atoms with E-state index in [0.717, 1.165) is 0 Å². The van der Waals surface area contributed by atoms with Gasteiger partial charge in [0.15, 0.2) is 12.0 Å². The van der Waals surface area contributed by atoms with Crippen molar-refractivity contribution in [1.29, 1.82) is 0 Å². The Morgan fingerprint density at radius 2 is 2.21 bits per heavy atom. The van der Waals surface area contributed by atoms with Crippen LogP contribution in [-0.2, 0) is 6.61 Å². The van der Waals surface area contributed by atoms with Crippen LogP contribution in [0.3, 0.4) is 0 Å². The Bertz CT molecular complexity index is 613. The highest BCUT2D eigenvalue weighted by atomic mass is 16.5. The lowest BCUT2D eigenvalue weighted by atomic mass is 10.2. The van der Waals surface area contributed by atoms with Crippen LogP contribution in [0.25, 0.3) is 0 Å². The summed E-state index contributed by atoms with van der Waals surface area (Å²) in [5.74, 6) is -0.821. The highest BCUT2D eigenvalue weighted by molar-refractivity contribution is 5.87. The third kappa shape index (κ3) is 2.92. The van der Waals surface area contributed by atoms with E-state index in [9.17, 15) is 9.59 Å². The zero-order valence-corrected chi connectivity index (χ0v) is 9.81. The number of aromatic nitrogens is 2. The molecule has 0 fully saturated rings. The molecule has 0 saturated heterocycles. The molecule has 0 aliphatic rings. The van der Waals surface area contributed by atoms with Gasteiger partial charge in [-0.05, 0) is 12.1 Å². The fourth-order valence-electron chi connectivity index (χ4n) is 1.51. The fraction of sp³-hybridized carbons (Fsp3) is 0.0769. The van der Waals surface area contributed by atoms with Crippen LogP contribution in [0.5, 0.6) is 5.75 Å². The van der Waals surface area contributed by atoms with Crippen molar-refractivity contribution in [2.24, 2.45) is 0 Å². The standard InChI is InChI=1S/C13H10N2O4/c16-7-9-3-5-14-6-11(9)19-8-10-2-1-4-15-12(10)13(17)18/h1-7H,8H2,(H,17,18). The first kappa shape index (κ1) is 12.7. The molecule has 96 valence electrons. The molecule has 6 nitrogen and oxygen atoms in total. The van der Waals surface area contributed by atoms with Gasteiger partial charge in [-0.1, -0.05) is 6.07 Å². The van der Waals surface area contributed by atoms with Gasteiger partial charge in [0.05, 0.1) is 11.8 Å². The maximum atomic E-state index is 11.0. The summed E-state index contributed by atoms with van der Waals surface area (Å²) in [5.41, 5.74) is 0.713. The zero-order chi connectivity index (χ0) is 13.7. The largest absolute Gasteiger partial charge is 0.486 e. The normalized spacial score (nSPS) is 9.89. The van der Waals surface area contributed by atoms with Crippen LogP contribution in [0.4, 0.5) is 0 Å². The monoisotopic (exact) mass is 258 g/mol. The minimum Gasteiger partial charge on any atom is -0.486 e. The lowest BCUT2D eigenvalue weighted by molar-refractivity contribution is 0.0687. The van der Waals surface area contributed by atoms with E-state index in [-0.39, 0.29) is 12.3 Å². The predicted molar refractivity (Wildman–Crippen MR) is 65.2 cm³/mol.